The second-order valence-corrected chi connectivity index (χ2v) is 5.56. The van der Waals surface area contributed by atoms with Gasteiger partial charge in [0.25, 0.3) is 0 Å². The molecule has 0 atom stereocenters. The van der Waals surface area contributed by atoms with Gasteiger partial charge in [0.2, 0.25) is 0 Å². The lowest BCUT2D eigenvalue weighted by Gasteiger charge is -2.22. The van der Waals surface area contributed by atoms with Gasteiger partial charge in [0.1, 0.15) is 0 Å². The first-order valence-electron chi connectivity index (χ1n) is 7.54. The number of hydrogen-bond acceptors (Lipinski definition) is 1. The van der Waals surface area contributed by atoms with Crippen molar-refractivity contribution in [2.45, 2.75) is 12.1 Å². The third-order valence-electron chi connectivity index (χ3n) is 4.02. The summed E-state index contributed by atoms with van der Waals surface area (Å²) in [6.07, 6.45) is -4.47. The van der Waals surface area contributed by atoms with Crippen LogP contribution in [0.1, 0.15) is 28.2 Å². The first-order valence-corrected chi connectivity index (χ1v) is 7.54. The molecule has 0 saturated carbocycles. The van der Waals surface area contributed by atoms with E-state index in [1.807, 2.05) is 60.7 Å². The topological polar surface area (TPSA) is 26.0 Å². The Morgan fingerprint density at radius 3 is 1.62 bits per heavy atom. The molecule has 0 aliphatic rings. The van der Waals surface area contributed by atoms with Crippen molar-refractivity contribution in [3.8, 4) is 0 Å². The van der Waals surface area contributed by atoms with Crippen LogP contribution in [0.25, 0.3) is 0 Å². The molecule has 0 bridgehead atoms. The largest absolute Gasteiger partial charge is 0.418 e. The highest BCUT2D eigenvalue weighted by molar-refractivity contribution is 5.61. The van der Waals surface area contributed by atoms with Crippen molar-refractivity contribution < 1.29 is 13.2 Å². The lowest BCUT2D eigenvalue weighted by molar-refractivity contribution is -0.136. The summed E-state index contributed by atoms with van der Waals surface area (Å²) in [5, 5.41) is 0. The van der Waals surface area contributed by atoms with Gasteiger partial charge in [0.15, 0.2) is 0 Å². The minimum absolute atomic E-state index is 0.220. The van der Waals surface area contributed by atoms with Gasteiger partial charge in [0.05, 0.1) is 5.56 Å². The maximum absolute atomic E-state index is 13.2. The summed E-state index contributed by atoms with van der Waals surface area (Å²) in [7, 11) is 0. The average Bonchev–Trinajstić information content (AvgIpc) is 2.58. The molecule has 122 valence electrons. The van der Waals surface area contributed by atoms with Crippen LogP contribution in [-0.2, 0) is 6.18 Å². The van der Waals surface area contributed by atoms with Crippen LogP contribution < -0.4 is 5.73 Å². The Hall–Kier alpha value is -2.75. The van der Waals surface area contributed by atoms with Crippen LogP contribution in [0.3, 0.4) is 0 Å². The second-order valence-electron chi connectivity index (χ2n) is 5.56. The summed E-state index contributed by atoms with van der Waals surface area (Å²) >= 11 is 0. The summed E-state index contributed by atoms with van der Waals surface area (Å²) in [6.45, 7) is 0. The highest BCUT2D eigenvalue weighted by atomic mass is 19.4. The van der Waals surface area contributed by atoms with E-state index in [4.69, 9.17) is 5.73 Å². The molecule has 4 heteroatoms. The fourth-order valence-electron chi connectivity index (χ4n) is 2.92. The maximum atomic E-state index is 13.2. The lowest BCUT2D eigenvalue weighted by Crippen LogP contribution is -2.13. The van der Waals surface area contributed by atoms with E-state index in [1.165, 1.54) is 6.07 Å². The van der Waals surface area contributed by atoms with Crippen molar-refractivity contribution in [1.29, 1.82) is 0 Å². The van der Waals surface area contributed by atoms with Gasteiger partial charge in [-0.25, -0.2) is 0 Å². The van der Waals surface area contributed by atoms with Crippen molar-refractivity contribution in [1.82, 2.24) is 0 Å². The number of anilines is 1. The van der Waals surface area contributed by atoms with Gasteiger partial charge in [-0.3, -0.25) is 0 Å². The number of rotatable bonds is 3. The van der Waals surface area contributed by atoms with E-state index in [0.717, 1.165) is 17.2 Å². The number of hydrogen-bond donors (Lipinski definition) is 1. The Balaban J connectivity index is 2.21. The molecule has 3 aromatic rings. The number of halogens is 3. The summed E-state index contributed by atoms with van der Waals surface area (Å²) in [5.41, 5.74) is 7.17. The van der Waals surface area contributed by atoms with Crippen LogP contribution in [0.2, 0.25) is 0 Å². The number of alkyl halides is 3. The van der Waals surface area contributed by atoms with Gasteiger partial charge in [-0.1, -0.05) is 72.8 Å². The number of nitrogen functional groups attached to an aromatic ring is 1. The quantitative estimate of drug-likeness (QED) is 0.501. The Kier molecular flexibility index (Phi) is 4.30. The van der Waals surface area contributed by atoms with E-state index in [9.17, 15) is 13.2 Å². The van der Waals surface area contributed by atoms with Gasteiger partial charge >= 0.3 is 6.18 Å². The van der Waals surface area contributed by atoms with Crippen LogP contribution in [-0.4, -0.2) is 0 Å². The van der Waals surface area contributed by atoms with Crippen LogP contribution in [0.4, 0.5) is 18.9 Å². The fourth-order valence-corrected chi connectivity index (χ4v) is 2.92. The predicted octanol–water partition coefficient (Wildman–Crippen LogP) is 5.47. The van der Waals surface area contributed by atoms with Crippen molar-refractivity contribution in [3.63, 3.8) is 0 Å². The molecule has 0 aliphatic carbocycles. The minimum atomic E-state index is -4.47. The molecule has 0 aliphatic heterocycles. The monoisotopic (exact) mass is 327 g/mol. The van der Waals surface area contributed by atoms with Crippen molar-refractivity contribution in [2.24, 2.45) is 0 Å². The summed E-state index contributed by atoms with van der Waals surface area (Å²) in [4.78, 5) is 0. The first kappa shape index (κ1) is 16.1. The van der Waals surface area contributed by atoms with E-state index < -0.39 is 11.7 Å². The molecule has 0 fully saturated rings. The smallest absolute Gasteiger partial charge is 0.398 e. The third-order valence-corrected chi connectivity index (χ3v) is 4.02. The third kappa shape index (κ3) is 3.13. The molecule has 0 radical (unpaired) electrons. The second kappa shape index (κ2) is 6.40. The van der Waals surface area contributed by atoms with Crippen molar-refractivity contribution >= 4 is 5.69 Å². The van der Waals surface area contributed by atoms with Crippen LogP contribution in [0, 0.1) is 0 Å². The zero-order chi connectivity index (χ0) is 17.2. The van der Waals surface area contributed by atoms with Gasteiger partial charge < -0.3 is 5.73 Å². The highest BCUT2D eigenvalue weighted by Gasteiger charge is 2.34. The predicted molar refractivity (Wildman–Crippen MR) is 89.7 cm³/mol. The molecule has 0 spiro atoms. The van der Waals surface area contributed by atoms with Crippen LogP contribution in [0.15, 0.2) is 78.9 Å². The molecule has 3 rings (SSSR count). The standard InChI is InChI=1S/C20H16F3N/c21-20(22,23)17-13-7-12-16(19(17)24)18(14-8-3-1-4-9-14)15-10-5-2-6-11-15/h1-13,18H,24H2. The van der Waals surface area contributed by atoms with Gasteiger partial charge in [-0.05, 0) is 22.8 Å². The molecule has 0 aromatic heterocycles. The van der Waals surface area contributed by atoms with Gasteiger partial charge in [-0.15, -0.1) is 0 Å². The summed E-state index contributed by atoms with van der Waals surface area (Å²) in [6, 6.07) is 22.9. The SMILES string of the molecule is Nc1c(C(c2ccccc2)c2ccccc2)cccc1C(F)(F)F. The Labute approximate surface area is 138 Å². The van der Waals surface area contributed by atoms with E-state index >= 15 is 0 Å². The first-order chi connectivity index (χ1) is 11.5. The van der Waals surface area contributed by atoms with Crippen LogP contribution in [0.5, 0.6) is 0 Å². The molecule has 3 aromatic carbocycles. The molecule has 1 nitrogen and oxygen atoms in total. The molecule has 0 saturated heterocycles. The van der Waals surface area contributed by atoms with Crippen LogP contribution >= 0.6 is 0 Å². The van der Waals surface area contributed by atoms with E-state index in [0.29, 0.717) is 5.56 Å². The lowest BCUT2D eigenvalue weighted by atomic mass is 9.83. The Bertz CT molecular complexity index is 772. The Morgan fingerprint density at radius 2 is 1.17 bits per heavy atom. The maximum Gasteiger partial charge on any atom is 0.418 e. The number of benzene rings is 3. The number of para-hydroxylation sites is 1. The number of nitrogens with two attached hydrogens (primary N) is 1. The average molecular weight is 327 g/mol. The summed E-state index contributed by atoms with van der Waals surface area (Å²) in [5.74, 6) is -0.352. The van der Waals surface area contributed by atoms with E-state index in [-0.39, 0.29) is 11.6 Å². The van der Waals surface area contributed by atoms with E-state index in [1.54, 1.807) is 6.07 Å². The molecule has 0 unspecified atom stereocenters. The van der Waals surface area contributed by atoms with Gasteiger partial charge in [0, 0.05) is 11.6 Å². The summed E-state index contributed by atoms with van der Waals surface area (Å²) < 4.78 is 39.7. The molecular formula is C20H16F3N. The molecule has 0 amide bonds. The molecule has 2 N–H and O–H groups in total. The van der Waals surface area contributed by atoms with E-state index in [2.05, 4.69) is 0 Å². The minimum Gasteiger partial charge on any atom is -0.398 e. The fraction of sp³-hybridized carbons (Fsp3) is 0.100. The zero-order valence-corrected chi connectivity index (χ0v) is 12.8. The molecular weight excluding hydrogens is 311 g/mol. The van der Waals surface area contributed by atoms with Crippen molar-refractivity contribution in [2.75, 3.05) is 5.73 Å². The molecule has 24 heavy (non-hydrogen) atoms. The Morgan fingerprint density at radius 1 is 0.667 bits per heavy atom. The van der Waals surface area contributed by atoms with Crippen molar-refractivity contribution in [3.05, 3.63) is 101 Å². The normalized spacial score (nSPS) is 11.7. The zero-order valence-electron chi connectivity index (χ0n) is 12.8. The van der Waals surface area contributed by atoms with Gasteiger partial charge in [-0.2, -0.15) is 13.2 Å². The molecule has 0 heterocycles. The highest BCUT2D eigenvalue weighted by Crippen LogP contribution is 2.41.